The van der Waals surface area contributed by atoms with Crippen LogP contribution in [0.2, 0.25) is 0 Å². The number of hydrogen-bond acceptors (Lipinski definition) is 3. The lowest BCUT2D eigenvalue weighted by Crippen LogP contribution is -2.44. The number of amides is 1. The second kappa shape index (κ2) is 8.29. The van der Waals surface area contributed by atoms with Gasteiger partial charge in [0, 0.05) is 23.6 Å². The summed E-state index contributed by atoms with van der Waals surface area (Å²) in [6.07, 6.45) is 4.15. The Labute approximate surface area is 145 Å². The van der Waals surface area contributed by atoms with E-state index in [2.05, 4.69) is 29.8 Å². The molecule has 23 heavy (non-hydrogen) atoms. The highest BCUT2D eigenvalue weighted by Gasteiger charge is 2.25. The van der Waals surface area contributed by atoms with E-state index in [9.17, 15) is 9.59 Å². The Kier molecular flexibility index (Phi) is 6.39. The molecule has 0 bridgehead atoms. The summed E-state index contributed by atoms with van der Waals surface area (Å²) < 4.78 is 6.03. The van der Waals surface area contributed by atoms with E-state index in [1.54, 1.807) is 11.0 Å². The van der Waals surface area contributed by atoms with Gasteiger partial charge in [0.1, 0.15) is 0 Å². The number of benzene rings is 1. The van der Waals surface area contributed by atoms with Crippen LogP contribution in [-0.4, -0.2) is 36.5 Å². The van der Waals surface area contributed by atoms with E-state index in [4.69, 9.17) is 4.74 Å². The molecule has 1 fully saturated rings. The van der Waals surface area contributed by atoms with E-state index < -0.39 is 5.97 Å². The van der Waals surface area contributed by atoms with E-state index in [0.29, 0.717) is 11.8 Å². The highest BCUT2D eigenvalue weighted by Crippen LogP contribution is 2.20. The number of likely N-dealkylation sites (tertiary alicyclic amines) is 1. The van der Waals surface area contributed by atoms with Crippen molar-refractivity contribution in [3.8, 4) is 0 Å². The monoisotopic (exact) mass is 379 g/mol. The third-order valence-corrected chi connectivity index (χ3v) is 4.37. The lowest BCUT2D eigenvalue weighted by Gasteiger charge is -2.34. The van der Waals surface area contributed by atoms with E-state index in [0.717, 1.165) is 29.5 Å². The van der Waals surface area contributed by atoms with Crippen LogP contribution in [-0.2, 0) is 14.3 Å². The summed E-state index contributed by atoms with van der Waals surface area (Å²) >= 11 is 3.35. The minimum atomic E-state index is -0.501. The Morgan fingerprint density at radius 3 is 2.43 bits per heavy atom. The van der Waals surface area contributed by atoms with Crippen LogP contribution in [0.3, 0.4) is 0 Å². The van der Waals surface area contributed by atoms with Crippen LogP contribution in [0.4, 0.5) is 0 Å². The minimum absolute atomic E-state index is 0.117. The third-order valence-electron chi connectivity index (χ3n) is 3.84. The van der Waals surface area contributed by atoms with Crippen LogP contribution in [0.5, 0.6) is 0 Å². The molecule has 1 aromatic rings. The van der Waals surface area contributed by atoms with Crippen LogP contribution in [0, 0.1) is 11.8 Å². The molecule has 0 radical (unpaired) electrons. The second-order valence-corrected chi connectivity index (χ2v) is 7.15. The van der Waals surface area contributed by atoms with E-state index in [1.807, 2.05) is 24.3 Å². The van der Waals surface area contributed by atoms with Crippen LogP contribution in [0.25, 0.3) is 6.08 Å². The van der Waals surface area contributed by atoms with Gasteiger partial charge in [-0.25, -0.2) is 4.79 Å². The summed E-state index contributed by atoms with van der Waals surface area (Å²) in [6, 6.07) is 7.56. The Balaban J connectivity index is 1.79. The van der Waals surface area contributed by atoms with Crippen LogP contribution < -0.4 is 0 Å². The van der Waals surface area contributed by atoms with Gasteiger partial charge in [0.2, 0.25) is 0 Å². The zero-order valence-corrected chi connectivity index (χ0v) is 15.1. The highest BCUT2D eigenvalue weighted by atomic mass is 79.9. The molecule has 0 spiro atoms. The van der Waals surface area contributed by atoms with Gasteiger partial charge in [-0.05, 0) is 42.0 Å². The molecule has 124 valence electrons. The normalized spacial score (nSPS) is 21.4. The maximum Gasteiger partial charge on any atom is 0.331 e. The summed E-state index contributed by atoms with van der Waals surface area (Å²) in [5.41, 5.74) is 0.898. The van der Waals surface area contributed by atoms with Gasteiger partial charge in [-0.1, -0.05) is 41.9 Å². The Bertz CT molecular complexity index is 572. The van der Waals surface area contributed by atoms with Crippen molar-refractivity contribution in [2.45, 2.75) is 20.3 Å². The molecule has 0 unspecified atom stereocenters. The molecule has 4 nitrogen and oxygen atoms in total. The SMILES string of the molecule is C[C@@H]1C[C@H](C)CN(C(=O)COC(=O)/C=C/c2ccc(Br)cc2)C1. The maximum absolute atomic E-state index is 12.1. The molecule has 1 amide bonds. The minimum Gasteiger partial charge on any atom is -0.452 e. The lowest BCUT2D eigenvalue weighted by atomic mass is 9.92. The molecule has 1 aliphatic rings. The molecule has 0 N–H and O–H groups in total. The summed E-state index contributed by atoms with van der Waals surface area (Å²) in [7, 11) is 0. The maximum atomic E-state index is 12.1. The predicted octanol–water partition coefficient (Wildman–Crippen LogP) is 3.51. The number of ether oxygens (including phenoxy) is 1. The fourth-order valence-electron chi connectivity index (χ4n) is 2.88. The molecule has 1 aromatic carbocycles. The zero-order valence-electron chi connectivity index (χ0n) is 13.5. The number of hydrogen-bond donors (Lipinski definition) is 0. The van der Waals surface area contributed by atoms with Crippen molar-refractivity contribution in [3.05, 3.63) is 40.4 Å². The highest BCUT2D eigenvalue weighted by molar-refractivity contribution is 9.10. The van der Waals surface area contributed by atoms with Crippen molar-refractivity contribution in [1.29, 1.82) is 0 Å². The van der Waals surface area contributed by atoms with Gasteiger partial charge < -0.3 is 9.64 Å². The predicted molar refractivity (Wildman–Crippen MR) is 93.7 cm³/mol. The molecule has 0 saturated carbocycles. The largest absolute Gasteiger partial charge is 0.452 e. The van der Waals surface area contributed by atoms with Gasteiger partial charge in [-0.15, -0.1) is 0 Å². The smallest absolute Gasteiger partial charge is 0.331 e. The molecule has 0 aromatic heterocycles. The Morgan fingerprint density at radius 2 is 1.83 bits per heavy atom. The van der Waals surface area contributed by atoms with Crippen molar-refractivity contribution < 1.29 is 14.3 Å². The molecule has 2 rings (SSSR count). The van der Waals surface area contributed by atoms with Crippen molar-refractivity contribution in [1.82, 2.24) is 4.90 Å². The number of carbonyl (C=O) groups excluding carboxylic acids is 2. The van der Waals surface area contributed by atoms with E-state index >= 15 is 0 Å². The van der Waals surface area contributed by atoms with E-state index in [1.165, 1.54) is 6.08 Å². The number of rotatable bonds is 4. The lowest BCUT2D eigenvalue weighted by molar-refractivity contribution is -0.149. The first-order chi connectivity index (χ1) is 10.9. The zero-order chi connectivity index (χ0) is 16.8. The Morgan fingerprint density at radius 1 is 1.22 bits per heavy atom. The van der Waals surface area contributed by atoms with E-state index in [-0.39, 0.29) is 12.5 Å². The van der Waals surface area contributed by atoms with Crippen LogP contribution in [0.15, 0.2) is 34.8 Å². The van der Waals surface area contributed by atoms with Crippen molar-refractivity contribution in [2.75, 3.05) is 19.7 Å². The summed E-state index contributed by atoms with van der Waals surface area (Å²) in [6.45, 7) is 5.58. The molecule has 1 heterocycles. The van der Waals surface area contributed by atoms with Gasteiger partial charge in [0.15, 0.2) is 6.61 Å². The Hall–Kier alpha value is -1.62. The van der Waals surface area contributed by atoms with Crippen molar-refractivity contribution >= 4 is 33.9 Å². The molecular weight excluding hydrogens is 358 g/mol. The number of nitrogens with zero attached hydrogens (tertiary/aromatic N) is 1. The first kappa shape index (κ1) is 17.7. The number of piperidine rings is 1. The van der Waals surface area contributed by atoms with Gasteiger partial charge in [0.25, 0.3) is 5.91 Å². The molecule has 2 atom stereocenters. The molecular formula is C18H22BrNO3. The van der Waals surface area contributed by atoms with Crippen LogP contribution >= 0.6 is 15.9 Å². The quantitative estimate of drug-likeness (QED) is 0.593. The molecule has 1 aliphatic heterocycles. The fourth-order valence-corrected chi connectivity index (χ4v) is 3.14. The average molecular weight is 380 g/mol. The standard InChI is InChI=1S/C18H22BrNO3/c1-13-9-14(2)11-20(10-13)17(21)12-23-18(22)8-5-15-3-6-16(19)7-4-15/h3-8,13-14H,9-12H2,1-2H3/b8-5+/t13-,14+. The number of carbonyl (C=O) groups is 2. The van der Waals surface area contributed by atoms with Gasteiger partial charge >= 0.3 is 5.97 Å². The van der Waals surface area contributed by atoms with Gasteiger partial charge in [0.05, 0.1) is 0 Å². The average Bonchev–Trinajstić information content (AvgIpc) is 2.51. The summed E-state index contributed by atoms with van der Waals surface area (Å²) in [5.74, 6) is 0.375. The number of halogens is 1. The summed E-state index contributed by atoms with van der Waals surface area (Å²) in [4.78, 5) is 25.6. The van der Waals surface area contributed by atoms with Crippen molar-refractivity contribution in [2.24, 2.45) is 11.8 Å². The topological polar surface area (TPSA) is 46.6 Å². The van der Waals surface area contributed by atoms with Gasteiger partial charge in [-0.2, -0.15) is 0 Å². The number of esters is 1. The van der Waals surface area contributed by atoms with Crippen molar-refractivity contribution in [3.63, 3.8) is 0 Å². The second-order valence-electron chi connectivity index (χ2n) is 6.24. The first-order valence-corrected chi connectivity index (χ1v) is 8.61. The summed E-state index contributed by atoms with van der Waals surface area (Å²) in [5, 5.41) is 0. The molecule has 0 aliphatic carbocycles. The third kappa shape index (κ3) is 5.82. The molecule has 1 saturated heterocycles. The molecule has 5 heteroatoms. The van der Waals surface area contributed by atoms with Gasteiger partial charge in [-0.3, -0.25) is 4.79 Å². The van der Waals surface area contributed by atoms with Crippen LogP contribution in [0.1, 0.15) is 25.8 Å². The first-order valence-electron chi connectivity index (χ1n) is 7.82. The fraction of sp³-hybridized carbons (Fsp3) is 0.444.